The molecule has 2 rings (SSSR count). The highest BCUT2D eigenvalue weighted by Gasteiger charge is 2.36. The largest absolute Gasteiger partial charge is 0.469 e. The van der Waals surface area contributed by atoms with Crippen molar-refractivity contribution in [2.24, 2.45) is 11.7 Å². The van der Waals surface area contributed by atoms with E-state index in [0.29, 0.717) is 6.42 Å². The van der Waals surface area contributed by atoms with Gasteiger partial charge in [0.05, 0.1) is 13.0 Å². The van der Waals surface area contributed by atoms with Gasteiger partial charge >= 0.3 is 5.97 Å². The van der Waals surface area contributed by atoms with Gasteiger partial charge in [0.2, 0.25) is 0 Å². The van der Waals surface area contributed by atoms with Crippen molar-refractivity contribution in [3.8, 4) is 0 Å². The lowest BCUT2D eigenvalue weighted by molar-refractivity contribution is -0.145. The summed E-state index contributed by atoms with van der Waals surface area (Å²) in [5.41, 5.74) is 9.54. The first-order valence-corrected chi connectivity index (χ1v) is 5.07. The molecule has 4 heteroatoms. The third kappa shape index (κ3) is 1.93. The molecule has 0 aliphatic heterocycles. The van der Waals surface area contributed by atoms with E-state index in [-0.39, 0.29) is 30.3 Å². The molecule has 0 unspecified atom stereocenters. The average Bonchev–Trinajstić information content (AvgIpc) is 2.57. The number of benzene rings is 1. The normalized spacial score (nSPS) is 22.2. The van der Waals surface area contributed by atoms with Gasteiger partial charge in [-0.15, -0.1) is 12.4 Å². The Morgan fingerprint density at radius 3 is 2.75 bits per heavy atom. The van der Waals surface area contributed by atoms with Crippen LogP contribution >= 0.6 is 12.4 Å². The molecule has 88 valence electrons. The van der Waals surface area contributed by atoms with Crippen LogP contribution in [0.5, 0.6) is 0 Å². The maximum absolute atomic E-state index is 11.5. The average molecular weight is 242 g/mol. The van der Waals surface area contributed by atoms with E-state index in [0.717, 1.165) is 5.56 Å². The molecule has 0 heterocycles. The molecule has 0 saturated heterocycles. The third-order valence-electron chi connectivity index (χ3n) is 3.17. The zero-order chi connectivity index (χ0) is 11.0. The fourth-order valence-electron chi connectivity index (χ4n) is 2.26. The minimum Gasteiger partial charge on any atom is -0.469 e. The number of halogens is 1. The highest BCUT2D eigenvalue weighted by Crippen LogP contribution is 2.36. The van der Waals surface area contributed by atoms with Crippen molar-refractivity contribution in [1.29, 1.82) is 0 Å². The summed E-state index contributed by atoms with van der Waals surface area (Å²) in [6.45, 7) is 2.05. The Hall–Kier alpha value is -1.06. The van der Waals surface area contributed by atoms with E-state index < -0.39 is 0 Å². The molecule has 1 aliphatic rings. The summed E-state index contributed by atoms with van der Waals surface area (Å²) in [6, 6.07) is 5.81. The summed E-state index contributed by atoms with van der Waals surface area (Å²) in [7, 11) is 1.41. The highest BCUT2D eigenvalue weighted by molar-refractivity contribution is 5.85. The van der Waals surface area contributed by atoms with Crippen molar-refractivity contribution in [1.82, 2.24) is 0 Å². The predicted molar refractivity (Wildman–Crippen MR) is 64.6 cm³/mol. The number of hydrogen-bond acceptors (Lipinski definition) is 3. The molecule has 0 radical (unpaired) electrons. The first-order valence-electron chi connectivity index (χ1n) is 5.07. The Kier molecular flexibility index (Phi) is 3.94. The number of aryl methyl sites for hydroxylation is 1. The van der Waals surface area contributed by atoms with Crippen LogP contribution in [0.25, 0.3) is 0 Å². The number of esters is 1. The Morgan fingerprint density at radius 1 is 1.50 bits per heavy atom. The van der Waals surface area contributed by atoms with Crippen LogP contribution in [0.1, 0.15) is 22.7 Å². The number of nitrogens with two attached hydrogens (primary N) is 1. The molecule has 2 N–H and O–H groups in total. The number of fused-ring (bicyclic) bond motifs is 1. The number of ether oxygens (including phenoxy) is 1. The second-order valence-corrected chi connectivity index (χ2v) is 4.00. The third-order valence-corrected chi connectivity index (χ3v) is 3.17. The van der Waals surface area contributed by atoms with Crippen molar-refractivity contribution >= 4 is 18.4 Å². The predicted octanol–water partition coefficient (Wildman–Crippen LogP) is 1.76. The van der Waals surface area contributed by atoms with Crippen LogP contribution in [0.15, 0.2) is 18.2 Å². The Balaban J connectivity index is 0.00000128. The molecule has 0 fully saturated rings. The topological polar surface area (TPSA) is 52.3 Å². The first-order chi connectivity index (χ1) is 7.15. The maximum atomic E-state index is 11.5. The van der Waals surface area contributed by atoms with E-state index in [1.54, 1.807) is 0 Å². The van der Waals surface area contributed by atoms with Gasteiger partial charge in [0, 0.05) is 6.04 Å². The number of hydrogen-bond donors (Lipinski definition) is 1. The van der Waals surface area contributed by atoms with E-state index >= 15 is 0 Å². The number of rotatable bonds is 1. The van der Waals surface area contributed by atoms with E-state index in [4.69, 9.17) is 10.5 Å². The Bertz CT molecular complexity index is 406. The van der Waals surface area contributed by atoms with Crippen LogP contribution in [0.4, 0.5) is 0 Å². The van der Waals surface area contributed by atoms with Gasteiger partial charge in [-0.3, -0.25) is 4.79 Å². The Morgan fingerprint density at radius 2 is 2.19 bits per heavy atom. The molecular formula is C12H16ClNO2. The minimum atomic E-state index is -0.217. The van der Waals surface area contributed by atoms with Gasteiger partial charge in [-0.25, -0.2) is 0 Å². The molecule has 0 amide bonds. The van der Waals surface area contributed by atoms with Gasteiger partial charge < -0.3 is 10.5 Å². The molecule has 0 aromatic heterocycles. The molecule has 0 spiro atoms. The van der Waals surface area contributed by atoms with E-state index in [9.17, 15) is 4.79 Å². The van der Waals surface area contributed by atoms with E-state index in [2.05, 4.69) is 0 Å². The second-order valence-electron chi connectivity index (χ2n) is 4.00. The summed E-state index contributed by atoms with van der Waals surface area (Å²) in [5, 5.41) is 0. The fraction of sp³-hybridized carbons (Fsp3) is 0.417. The van der Waals surface area contributed by atoms with Crippen molar-refractivity contribution in [2.45, 2.75) is 19.4 Å². The molecule has 0 saturated carbocycles. The summed E-state index contributed by atoms with van der Waals surface area (Å²) >= 11 is 0. The standard InChI is InChI=1S/C12H15NO2.ClH/c1-7-4-3-5-8-9(7)6-10(11(8)13)12(14)15-2;/h3-5,10-11H,6,13H2,1-2H3;1H/t10-,11-;/m1./s1. The number of carbonyl (C=O) groups excluding carboxylic acids is 1. The second kappa shape index (κ2) is 4.85. The molecule has 1 aromatic carbocycles. The van der Waals surface area contributed by atoms with E-state index in [1.165, 1.54) is 18.2 Å². The smallest absolute Gasteiger partial charge is 0.310 e. The molecule has 3 nitrogen and oxygen atoms in total. The summed E-state index contributed by atoms with van der Waals surface area (Å²) < 4.78 is 4.76. The SMILES string of the molecule is COC(=O)[C@@H]1Cc2c(C)cccc2[C@H]1N.Cl. The van der Waals surface area contributed by atoms with Crippen LogP contribution < -0.4 is 5.73 Å². The molecule has 16 heavy (non-hydrogen) atoms. The van der Waals surface area contributed by atoms with Gasteiger partial charge in [0.25, 0.3) is 0 Å². The zero-order valence-electron chi connectivity index (χ0n) is 9.40. The minimum absolute atomic E-state index is 0. The van der Waals surface area contributed by atoms with Crippen molar-refractivity contribution < 1.29 is 9.53 Å². The molecule has 2 atom stereocenters. The summed E-state index contributed by atoms with van der Waals surface area (Å²) in [5.74, 6) is -0.427. The lowest BCUT2D eigenvalue weighted by atomic mass is 10.0. The van der Waals surface area contributed by atoms with Crippen LogP contribution in [-0.4, -0.2) is 13.1 Å². The monoisotopic (exact) mass is 241 g/mol. The quantitative estimate of drug-likeness (QED) is 0.763. The number of methoxy groups -OCH3 is 1. The van der Waals surface area contributed by atoms with Crippen molar-refractivity contribution in [3.63, 3.8) is 0 Å². The van der Waals surface area contributed by atoms with Crippen LogP contribution in [0.3, 0.4) is 0 Å². The highest BCUT2D eigenvalue weighted by atomic mass is 35.5. The van der Waals surface area contributed by atoms with Gasteiger partial charge in [-0.05, 0) is 30.0 Å². The molecular weight excluding hydrogens is 226 g/mol. The molecule has 1 aromatic rings. The summed E-state index contributed by atoms with van der Waals surface area (Å²) in [6.07, 6.45) is 0.704. The van der Waals surface area contributed by atoms with Crippen LogP contribution in [0.2, 0.25) is 0 Å². The van der Waals surface area contributed by atoms with Gasteiger partial charge in [-0.1, -0.05) is 18.2 Å². The first kappa shape index (κ1) is 13.0. The van der Waals surface area contributed by atoms with Crippen LogP contribution in [-0.2, 0) is 16.0 Å². The van der Waals surface area contributed by atoms with Gasteiger partial charge in [0.1, 0.15) is 0 Å². The van der Waals surface area contributed by atoms with Crippen molar-refractivity contribution in [2.75, 3.05) is 7.11 Å². The maximum Gasteiger partial charge on any atom is 0.310 e. The van der Waals surface area contributed by atoms with Crippen molar-refractivity contribution in [3.05, 3.63) is 34.9 Å². The lowest BCUT2D eigenvalue weighted by Gasteiger charge is -2.12. The molecule has 0 bridgehead atoms. The molecule has 1 aliphatic carbocycles. The van der Waals surface area contributed by atoms with E-state index in [1.807, 2.05) is 25.1 Å². The zero-order valence-corrected chi connectivity index (χ0v) is 10.2. The Labute approximate surface area is 101 Å². The lowest BCUT2D eigenvalue weighted by Crippen LogP contribution is -2.25. The van der Waals surface area contributed by atoms with Gasteiger partial charge in [-0.2, -0.15) is 0 Å². The summed E-state index contributed by atoms with van der Waals surface area (Å²) in [4.78, 5) is 11.5. The fourth-order valence-corrected chi connectivity index (χ4v) is 2.26. The van der Waals surface area contributed by atoms with Gasteiger partial charge in [0.15, 0.2) is 0 Å². The number of carbonyl (C=O) groups is 1. The van der Waals surface area contributed by atoms with Crippen LogP contribution in [0, 0.1) is 12.8 Å².